The van der Waals surface area contributed by atoms with Crippen molar-refractivity contribution in [2.24, 2.45) is 0 Å². The molecule has 3 aromatic rings. The fraction of sp³-hybridized carbons (Fsp3) is 0.500. The Morgan fingerprint density at radius 3 is 2.74 bits per heavy atom. The van der Waals surface area contributed by atoms with Gasteiger partial charge < -0.3 is 9.80 Å². The van der Waals surface area contributed by atoms with Crippen LogP contribution in [-0.2, 0) is 0 Å². The molecule has 1 saturated carbocycles. The molecular formula is C18H21N7OS. The van der Waals surface area contributed by atoms with E-state index in [1.165, 1.54) is 30.6 Å². The summed E-state index contributed by atoms with van der Waals surface area (Å²) in [6.45, 7) is 3.43. The number of aromatic nitrogens is 5. The van der Waals surface area contributed by atoms with Gasteiger partial charge in [-0.05, 0) is 31.9 Å². The summed E-state index contributed by atoms with van der Waals surface area (Å²) in [5.41, 5.74) is 3.32. The summed E-state index contributed by atoms with van der Waals surface area (Å²) >= 11 is 1.40. The number of amides is 1. The van der Waals surface area contributed by atoms with E-state index in [-0.39, 0.29) is 11.9 Å². The highest BCUT2D eigenvalue weighted by molar-refractivity contribution is 7.11. The number of anilines is 1. The monoisotopic (exact) mass is 383 g/mol. The third-order valence-electron chi connectivity index (χ3n) is 5.74. The van der Waals surface area contributed by atoms with Crippen molar-refractivity contribution in [2.75, 3.05) is 25.0 Å². The Morgan fingerprint density at radius 2 is 2.07 bits per heavy atom. The van der Waals surface area contributed by atoms with Crippen molar-refractivity contribution < 1.29 is 4.79 Å². The lowest BCUT2D eigenvalue weighted by Crippen LogP contribution is -2.60. The van der Waals surface area contributed by atoms with Gasteiger partial charge in [0.25, 0.3) is 5.91 Å². The van der Waals surface area contributed by atoms with E-state index >= 15 is 0 Å². The predicted octanol–water partition coefficient (Wildman–Crippen LogP) is 2.12. The molecule has 5 rings (SSSR count). The standard InChI is InChI=1S/C18H21N7OS/c1-11-16(27-10-19-11)18(26)23(2)13-8-24(9-13)15-7-6-14-20-21-17(25(14)22-15)12-4-3-5-12/h6-7,10,12-13H,3-5,8-9H2,1-2H3. The smallest absolute Gasteiger partial charge is 0.265 e. The van der Waals surface area contributed by atoms with E-state index in [9.17, 15) is 4.79 Å². The molecule has 8 nitrogen and oxygen atoms in total. The van der Waals surface area contributed by atoms with Crippen molar-refractivity contribution in [3.8, 4) is 0 Å². The number of carbonyl (C=O) groups is 1. The minimum atomic E-state index is 0.0501. The Kier molecular flexibility index (Phi) is 3.85. The molecule has 2 fully saturated rings. The summed E-state index contributed by atoms with van der Waals surface area (Å²) in [6.07, 6.45) is 3.59. The molecule has 0 N–H and O–H groups in total. The maximum absolute atomic E-state index is 12.6. The minimum Gasteiger partial charge on any atom is -0.351 e. The molecule has 0 radical (unpaired) electrons. The van der Waals surface area contributed by atoms with E-state index in [1.807, 2.05) is 35.5 Å². The Balaban J connectivity index is 1.30. The van der Waals surface area contributed by atoms with Crippen LogP contribution in [0.2, 0.25) is 0 Å². The number of rotatable bonds is 4. The second-order valence-electron chi connectivity index (χ2n) is 7.39. The maximum atomic E-state index is 12.6. The predicted molar refractivity (Wildman–Crippen MR) is 102 cm³/mol. The molecule has 1 aliphatic carbocycles. The average Bonchev–Trinajstić information content (AvgIpc) is 3.18. The lowest BCUT2D eigenvalue weighted by Gasteiger charge is -2.44. The summed E-state index contributed by atoms with van der Waals surface area (Å²) in [4.78, 5) is 21.6. The van der Waals surface area contributed by atoms with Crippen molar-refractivity contribution >= 4 is 28.7 Å². The van der Waals surface area contributed by atoms with Gasteiger partial charge in [-0.3, -0.25) is 4.79 Å². The molecule has 0 bridgehead atoms. The highest BCUT2D eigenvalue weighted by Gasteiger charge is 2.35. The first-order valence-corrected chi connectivity index (χ1v) is 10.1. The number of carbonyl (C=O) groups excluding carboxylic acids is 1. The molecule has 2 aliphatic rings. The Bertz CT molecular complexity index is 1000. The van der Waals surface area contributed by atoms with Crippen LogP contribution in [-0.4, -0.2) is 61.8 Å². The van der Waals surface area contributed by atoms with Gasteiger partial charge in [0.05, 0.1) is 17.2 Å². The molecular weight excluding hydrogens is 362 g/mol. The lowest BCUT2D eigenvalue weighted by atomic mass is 9.85. The highest BCUT2D eigenvalue weighted by Crippen LogP contribution is 2.35. The first kappa shape index (κ1) is 16.6. The third kappa shape index (κ3) is 2.68. The molecule has 27 heavy (non-hydrogen) atoms. The quantitative estimate of drug-likeness (QED) is 0.687. The van der Waals surface area contributed by atoms with Gasteiger partial charge in [0, 0.05) is 26.1 Å². The Morgan fingerprint density at radius 1 is 1.26 bits per heavy atom. The van der Waals surface area contributed by atoms with Crippen LogP contribution in [0.15, 0.2) is 17.6 Å². The molecule has 0 atom stereocenters. The summed E-state index contributed by atoms with van der Waals surface area (Å²) in [5, 5.41) is 13.4. The Labute approximate surface area is 160 Å². The van der Waals surface area contributed by atoms with Gasteiger partial charge >= 0.3 is 0 Å². The molecule has 0 aromatic carbocycles. The SMILES string of the molecule is Cc1ncsc1C(=O)N(C)C1CN(c2ccc3nnc(C4CCC4)n3n2)C1. The van der Waals surface area contributed by atoms with Gasteiger partial charge in [-0.25, -0.2) is 4.98 Å². The topological polar surface area (TPSA) is 79.5 Å². The average molecular weight is 383 g/mol. The van der Waals surface area contributed by atoms with Crippen LogP contribution >= 0.6 is 11.3 Å². The number of thiazole rings is 1. The van der Waals surface area contributed by atoms with Gasteiger partial charge in [0.1, 0.15) is 10.7 Å². The fourth-order valence-electron chi connectivity index (χ4n) is 3.61. The van der Waals surface area contributed by atoms with Crippen molar-refractivity contribution in [3.63, 3.8) is 0 Å². The van der Waals surface area contributed by atoms with Crippen LogP contribution in [0.1, 0.15) is 46.4 Å². The Hall–Kier alpha value is -2.55. The summed E-state index contributed by atoms with van der Waals surface area (Å²) in [7, 11) is 1.87. The van der Waals surface area contributed by atoms with Crippen LogP contribution in [0.5, 0.6) is 0 Å². The van der Waals surface area contributed by atoms with Gasteiger partial charge in [0.15, 0.2) is 11.5 Å². The molecule has 0 spiro atoms. The highest BCUT2D eigenvalue weighted by atomic mass is 32.1. The zero-order valence-corrected chi connectivity index (χ0v) is 16.2. The van der Waals surface area contributed by atoms with E-state index in [0.717, 1.165) is 41.0 Å². The number of aryl methyl sites for hydroxylation is 1. The zero-order valence-electron chi connectivity index (χ0n) is 15.4. The van der Waals surface area contributed by atoms with Gasteiger partial charge in [-0.1, -0.05) is 6.42 Å². The van der Waals surface area contributed by atoms with Gasteiger partial charge in [-0.15, -0.1) is 26.6 Å². The van der Waals surface area contributed by atoms with E-state index in [2.05, 4.69) is 20.1 Å². The normalized spacial score (nSPS) is 17.8. The molecule has 4 heterocycles. The van der Waals surface area contributed by atoms with Crippen molar-refractivity contribution in [3.05, 3.63) is 34.0 Å². The second kappa shape index (κ2) is 6.26. The van der Waals surface area contributed by atoms with Crippen LogP contribution in [0.4, 0.5) is 5.82 Å². The summed E-state index contributed by atoms with van der Waals surface area (Å²) in [5.74, 6) is 2.42. The van der Waals surface area contributed by atoms with Crippen molar-refractivity contribution in [2.45, 2.75) is 38.1 Å². The number of hydrogen-bond donors (Lipinski definition) is 0. The summed E-state index contributed by atoms with van der Waals surface area (Å²) in [6, 6.07) is 4.14. The lowest BCUT2D eigenvalue weighted by molar-refractivity contribution is 0.0709. The molecule has 3 aromatic heterocycles. The minimum absolute atomic E-state index is 0.0501. The number of likely N-dealkylation sites (N-methyl/N-ethyl adjacent to an activating group) is 1. The van der Waals surface area contributed by atoms with Crippen LogP contribution in [0.25, 0.3) is 5.65 Å². The van der Waals surface area contributed by atoms with Crippen LogP contribution < -0.4 is 4.90 Å². The van der Waals surface area contributed by atoms with E-state index in [1.54, 1.807) is 5.51 Å². The van der Waals surface area contributed by atoms with Gasteiger partial charge in [-0.2, -0.15) is 4.52 Å². The molecule has 140 valence electrons. The van der Waals surface area contributed by atoms with Gasteiger partial charge in [0.2, 0.25) is 0 Å². The third-order valence-corrected chi connectivity index (χ3v) is 6.65. The zero-order chi connectivity index (χ0) is 18.5. The molecule has 9 heteroatoms. The molecule has 1 amide bonds. The van der Waals surface area contributed by atoms with Crippen LogP contribution in [0, 0.1) is 6.92 Å². The largest absolute Gasteiger partial charge is 0.351 e. The van der Waals surface area contributed by atoms with Crippen LogP contribution in [0.3, 0.4) is 0 Å². The van der Waals surface area contributed by atoms with E-state index in [4.69, 9.17) is 5.10 Å². The first-order valence-electron chi connectivity index (χ1n) is 9.26. The van der Waals surface area contributed by atoms with Crippen molar-refractivity contribution in [1.29, 1.82) is 0 Å². The number of hydrogen-bond acceptors (Lipinski definition) is 7. The number of nitrogens with zero attached hydrogens (tertiary/aromatic N) is 7. The fourth-order valence-corrected chi connectivity index (χ4v) is 4.39. The van der Waals surface area contributed by atoms with Crippen molar-refractivity contribution in [1.82, 2.24) is 29.7 Å². The summed E-state index contributed by atoms with van der Waals surface area (Å²) < 4.78 is 1.89. The molecule has 0 unspecified atom stereocenters. The number of fused-ring (bicyclic) bond motifs is 1. The molecule has 1 aliphatic heterocycles. The first-order chi connectivity index (χ1) is 13.1. The maximum Gasteiger partial charge on any atom is 0.265 e. The van der Waals surface area contributed by atoms with E-state index < -0.39 is 0 Å². The van der Waals surface area contributed by atoms with E-state index in [0.29, 0.717) is 5.92 Å². The second-order valence-corrected chi connectivity index (χ2v) is 8.24. The molecule has 1 saturated heterocycles.